The number of carbonyl (C=O) groups is 2. The van der Waals surface area contributed by atoms with Gasteiger partial charge in [0, 0.05) is 0 Å². The SMILES string of the molecule is CCCCCCCCOc1ccc(OC(=O)c2ccc(OC(=O)c3ccc(CCCCCCC)cc3)cc2)cc1. The molecule has 5 heteroatoms. The van der Waals surface area contributed by atoms with Crippen LogP contribution in [0, 0.1) is 0 Å². The number of hydrogen-bond acceptors (Lipinski definition) is 5. The number of hydrogen-bond donors (Lipinski definition) is 0. The van der Waals surface area contributed by atoms with Gasteiger partial charge in [-0.2, -0.15) is 0 Å². The Kier molecular flexibility index (Phi) is 13.8. The van der Waals surface area contributed by atoms with Gasteiger partial charge < -0.3 is 14.2 Å². The zero-order chi connectivity index (χ0) is 28.4. The van der Waals surface area contributed by atoms with Gasteiger partial charge in [0.2, 0.25) is 0 Å². The largest absolute Gasteiger partial charge is 0.494 e. The highest BCUT2D eigenvalue weighted by Crippen LogP contribution is 2.21. The summed E-state index contributed by atoms with van der Waals surface area (Å²) in [4.78, 5) is 25.1. The smallest absolute Gasteiger partial charge is 0.343 e. The lowest BCUT2D eigenvalue weighted by Gasteiger charge is -2.09. The van der Waals surface area contributed by atoms with Crippen molar-refractivity contribution in [2.75, 3.05) is 6.61 Å². The summed E-state index contributed by atoms with van der Waals surface area (Å²) in [5.74, 6) is 0.661. The standard InChI is InChI=1S/C35H44O5/c1-3-5-7-9-11-13-27-38-31-23-25-33(26-24-31)40-35(37)30-19-21-32(22-20-30)39-34(36)29-17-15-28(16-18-29)14-12-10-8-6-4-2/h15-26H,3-14,27H2,1-2H3. The second-order valence-electron chi connectivity index (χ2n) is 10.3. The van der Waals surface area contributed by atoms with Crippen LogP contribution in [0.15, 0.2) is 72.8 Å². The maximum Gasteiger partial charge on any atom is 0.343 e. The molecule has 0 saturated carbocycles. The van der Waals surface area contributed by atoms with E-state index in [1.165, 1.54) is 63.4 Å². The minimum absolute atomic E-state index is 0.367. The molecule has 0 aliphatic heterocycles. The van der Waals surface area contributed by atoms with Crippen LogP contribution in [0.3, 0.4) is 0 Å². The third-order valence-corrected chi connectivity index (χ3v) is 6.86. The second kappa shape index (κ2) is 17.9. The number of rotatable bonds is 18. The molecule has 0 atom stereocenters. The first kappa shape index (κ1) is 30.9. The van der Waals surface area contributed by atoms with Gasteiger partial charge >= 0.3 is 11.9 Å². The number of esters is 2. The van der Waals surface area contributed by atoms with E-state index >= 15 is 0 Å². The number of carbonyl (C=O) groups excluding carboxylic acids is 2. The number of aryl methyl sites for hydroxylation is 1. The fourth-order valence-corrected chi connectivity index (χ4v) is 4.41. The first-order chi connectivity index (χ1) is 19.6. The van der Waals surface area contributed by atoms with Crippen molar-refractivity contribution in [2.24, 2.45) is 0 Å². The van der Waals surface area contributed by atoms with Crippen LogP contribution in [0.4, 0.5) is 0 Å². The molecule has 0 N–H and O–H groups in total. The van der Waals surface area contributed by atoms with E-state index in [2.05, 4.69) is 13.8 Å². The van der Waals surface area contributed by atoms with Gasteiger partial charge in [-0.25, -0.2) is 9.59 Å². The molecule has 0 radical (unpaired) electrons. The molecule has 3 aromatic carbocycles. The van der Waals surface area contributed by atoms with Gasteiger partial charge in [-0.05, 0) is 85.5 Å². The summed E-state index contributed by atoms with van der Waals surface area (Å²) >= 11 is 0. The summed E-state index contributed by atoms with van der Waals surface area (Å²) in [5.41, 5.74) is 2.09. The Morgan fingerprint density at radius 2 is 0.925 bits per heavy atom. The summed E-state index contributed by atoms with van der Waals surface area (Å²) in [5, 5.41) is 0. The lowest BCUT2D eigenvalue weighted by atomic mass is 10.0. The van der Waals surface area contributed by atoms with E-state index in [0.717, 1.165) is 25.0 Å². The van der Waals surface area contributed by atoms with Crippen molar-refractivity contribution in [2.45, 2.75) is 90.9 Å². The zero-order valence-electron chi connectivity index (χ0n) is 24.2. The summed E-state index contributed by atoms with van der Waals surface area (Å²) in [7, 11) is 0. The predicted octanol–water partition coefficient (Wildman–Crippen LogP) is 9.38. The van der Waals surface area contributed by atoms with Gasteiger partial charge in [0.15, 0.2) is 0 Å². The second-order valence-corrected chi connectivity index (χ2v) is 10.3. The van der Waals surface area contributed by atoms with Crippen molar-refractivity contribution in [1.82, 2.24) is 0 Å². The molecule has 0 amide bonds. The molecular weight excluding hydrogens is 500 g/mol. The van der Waals surface area contributed by atoms with Gasteiger partial charge in [0.05, 0.1) is 17.7 Å². The molecule has 0 spiro atoms. The lowest BCUT2D eigenvalue weighted by molar-refractivity contribution is 0.0730. The first-order valence-electron chi connectivity index (χ1n) is 14.9. The number of benzene rings is 3. The van der Waals surface area contributed by atoms with Crippen LogP contribution >= 0.6 is 0 Å². The fourth-order valence-electron chi connectivity index (χ4n) is 4.41. The highest BCUT2D eigenvalue weighted by molar-refractivity contribution is 5.92. The number of ether oxygens (including phenoxy) is 3. The summed E-state index contributed by atoms with van der Waals surface area (Å²) < 4.78 is 16.8. The van der Waals surface area contributed by atoms with Crippen LogP contribution in [-0.2, 0) is 6.42 Å². The average Bonchev–Trinajstić information content (AvgIpc) is 2.98. The van der Waals surface area contributed by atoms with Gasteiger partial charge in [0.25, 0.3) is 0 Å². The van der Waals surface area contributed by atoms with Gasteiger partial charge in [0.1, 0.15) is 17.2 Å². The molecule has 0 heterocycles. The summed E-state index contributed by atoms with van der Waals surface area (Å²) in [6.07, 6.45) is 14.5. The topological polar surface area (TPSA) is 61.8 Å². The van der Waals surface area contributed by atoms with Crippen molar-refractivity contribution in [1.29, 1.82) is 0 Å². The quantitative estimate of drug-likeness (QED) is 0.0907. The molecule has 3 rings (SSSR count). The molecule has 214 valence electrons. The number of unbranched alkanes of at least 4 members (excludes halogenated alkanes) is 9. The van der Waals surface area contributed by atoms with Gasteiger partial charge in [-0.1, -0.05) is 83.8 Å². The first-order valence-corrected chi connectivity index (χ1v) is 14.9. The van der Waals surface area contributed by atoms with Crippen LogP contribution in [0.2, 0.25) is 0 Å². The maximum absolute atomic E-state index is 12.6. The van der Waals surface area contributed by atoms with Crippen molar-refractivity contribution in [3.05, 3.63) is 89.5 Å². The van der Waals surface area contributed by atoms with Crippen LogP contribution < -0.4 is 14.2 Å². The van der Waals surface area contributed by atoms with Gasteiger partial charge in [-0.15, -0.1) is 0 Å². The van der Waals surface area contributed by atoms with E-state index in [1.807, 2.05) is 24.3 Å². The van der Waals surface area contributed by atoms with E-state index in [9.17, 15) is 9.59 Å². The maximum atomic E-state index is 12.6. The van der Waals surface area contributed by atoms with Crippen molar-refractivity contribution in [3.63, 3.8) is 0 Å². The Morgan fingerprint density at radius 1 is 0.500 bits per heavy atom. The average molecular weight is 545 g/mol. The Labute approximate surface area is 239 Å². The van der Waals surface area contributed by atoms with Crippen molar-refractivity contribution < 1.29 is 23.8 Å². The Bertz CT molecular complexity index is 1130. The Hall–Kier alpha value is -3.60. The molecule has 0 aromatic heterocycles. The molecule has 40 heavy (non-hydrogen) atoms. The minimum Gasteiger partial charge on any atom is -0.494 e. The third-order valence-electron chi connectivity index (χ3n) is 6.86. The summed E-state index contributed by atoms with van der Waals surface area (Å²) in [6, 6.07) is 21.0. The summed E-state index contributed by atoms with van der Waals surface area (Å²) in [6.45, 7) is 5.12. The van der Waals surface area contributed by atoms with Crippen LogP contribution in [0.5, 0.6) is 17.2 Å². The molecule has 0 aliphatic carbocycles. The highest BCUT2D eigenvalue weighted by atomic mass is 16.5. The van der Waals surface area contributed by atoms with Gasteiger partial charge in [-0.3, -0.25) is 0 Å². The third kappa shape index (κ3) is 11.3. The van der Waals surface area contributed by atoms with Crippen LogP contribution in [-0.4, -0.2) is 18.5 Å². The van der Waals surface area contributed by atoms with Crippen molar-refractivity contribution >= 4 is 11.9 Å². The predicted molar refractivity (Wildman–Crippen MR) is 161 cm³/mol. The molecule has 0 aliphatic rings. The molecule has 0 bridgehead atoms. The Morgan fingerprint density at radius 3 is 1.48 bits per heavy atom. The lowest BCUT2D eigenvalue weighted by Crippen LogP contribution is -2.10. The molecular formula is C35H44O5. The van der Waals surface area contributed by atoms with E-state index in [1.54, 1.807) is 48.5 Å². The minimum atomic E-state index is -0.482. The fraction of sp³-hybridized carbons (Fsp3) is 0.429. The van der Waals surface area contributed by atoms with Crippen LogP contribution in [0.1, 0.15) is 111 Å². The van der Waals surface area contributed by atoms with E-state index in [4.69, 9.17) is 14.2 Å². The highest BCUT2D eigenvalue weighted by Gasteiger charge is 2.12. The zero-order valence-corrected chi connectivity index (χ0v) is 24.2. The van der Waals surface area contributed by atoms with E-state index in [-0.39, 0.29) is 0 Å². The molecule has 0 fully saturated rings. The molecule has 0 saturated heterocycles. The normalized spacial score (nSPS) is 10.8. The van der Waals surface area contributed by atoms with Crippen molar-refractivity contribution in [3.8, 4) is 17.2 Å². The molecule has 5 nitrogen and oxygen atoms in total. The Balaban J connectivity index is 1.40. The van der Waals surface area contributed by atoms with E-state index in [0.29, 0.717) is 29.2 Å². The van der Waals surface area contributed by atoms with E-state index < -0.39 is 11.9 Å². The monoisotopic (exact) mass is 544 g/mol. The molecule has 3 aromatic rings. The van der Waals surface area contributed by atoms with Crippen LogP contribution in [0.25, 0.3) is 0 Å². The molecule has 0 unspecified atom stereocenters.